The standard InChI is InChI=1S/C17H26N2/c1-13(2)17(14-6-4-3-5-7-14)19-11-10-15-8-9-16(12-19)18-15/h3-7,13,15-18H,8-12H2,1-2H3. The molecule has 0 aliphatic carbocycles. The van der Waals surface area contributed by atoms with Gasteiger partial charge in [-0.1, -0.05) is 44.2 Å². The lowest BCUT2D eigenvalue weighted by molar-refractivity contribution is 0.148. The van der Waals surface area contributed by atoms with Crippen molar-refractivity contribution in [1.29, 1.82) is 0 Å². The van der Waals surface area contributed by atoms with Crippen LogP contribution in [0.4, 0.5) is 0 Å². The maximum Gasteiger partial charge on any atom is 0.0371 e. The molecule has 3 rings (SSSR count). The number of hydrogen-bond donors (Lipinski definition) is 1. The predicted octanol–water partition coefficient (Wildman–Crippen LogP) is 3.21. The van der Waals surface area contributed by atoms with Crippen LogP contribution >= 0.6 is 0 Å². The molecule has 1 N–H and O–H groups in total. The molecule has 3 unspecified atom stereocenters. The molecule has 0 spiro atoms. The summed E-state index contributed by atoms with van der Waals surface area (Å²) >= 11 is 0. The van der Waals surface area contributed by atoms with Gasteiger partial charge in [-0.05, 0) is 30.7 Å². The van der Waals surface area contributed by atoms with E-state index in [4.69, 9.17) is 0 Å². The van der Waals surface area contributed by atoms with Crippen molar-refractivity contribution >= 4 is 0 Å². The van der Waals surface area contributed by atoms with Crippen LogP contribution in [-0.4, -0.2) is 30.1 Å². The second kappa shape index (κ2) is 5.64. The van der Waals surface area contributed by atoms with Crippen molar-refractivity contribution in [3.05, 3.63) is 35.9 Å². The van der Waals surface area contributed by atoms with Crippen LogP contribution in [0.15, 0.2) is 30.3 Å². The number of nitrogens with one attached hydrogen (secondary N) is 1. The van der Waals surface area contributed by atoms with E-state index in [1.165, 1.54) is 37.9 Å². The summed E-state index contributed by atoms with van der Waals surface area (Å²) in [7, 11) is 0. The molecule has 2 bridgehead atoms. The SMILES string of the molecule is CC(C)C(c1ccccc1)N1CCC2CCC(C1)N2. The van der Waals surface area contributed by atoms with Gasteiger partial charge in [0, 0.05) is 31.2 Å². The van der Waals surface area contributed by atoms with E-state index in [2.05, 4.69) is 54.4 Å². The number of benzene rings is 1. The van der Waals surface area contributed by atoms with E-state index in [-0.39, 0.29) is 0 Å². The monoisotopic (exact) mass is 258 g/mol. The van der Waals surface area contributed by atoms with Crippen molar-refractivity contribution in [1.82, 2.24) is 10.2 Å². The Balaban J connectivity index is 1.80. The largest absolute Gasteiger partial charge is 0.310 e. The quantitative estimate of drug-likeness (QED) is 0.895. The third kappa shape index (κ3) is 2.85. The fraction of sp³-hybridized carbons (Fsp3) is 0.647. The molecule has 2 heterocycles. The van der Waals surface area contributed by atoms with Crippen LogP contribution in [-0.2, 0) is 0 Å². The molecule has 1 aromatic carbocycles. The van der Waals surface area contributed by atoms with Gasteiger partial charge < -0.3 is 5.32 Å². The number of fused-ring (bicyclic) bond motifs is 2. The smallest absolute Gasteiger partial charge is 0.0371 e. The van der Waals surface area contributed by atoms with Gasteiger partial charge in [0.2, 0.25) is 0 Å². The lowest BCUT2D eigenvalue weighted by atomic mass is 9.93. The molecule has 2 saturated heterocycles. The van der Waals surface area contributed by atoms with E-state index in [0.717, 1.165) is 12.1 Å². The van der Waals surface area contributed by atoms with E-state index in [1.807, 2.05) is 0 Å². The minimum atomic E-state index is 0.572. The summed E-state index contributed by atoms with van der Waals surface area (Å²) in [4.78, 5) is 2.72. The summed E-state index contributed by atoms with van der Waals surface area (Å²) in [5.74, 6) is 0.666. The fourth-order valence-electron chi connectivity index (χ4n) is 3.89. The Morgan fingerprint density at radius 1 is 1.05 bits per heavy atom. The summed E-state index contributed by atoms with van der Waals surface area (Å²) in [5, 5.41) is 3.79. The fourth-order valence-corrected chi connectivity index (χ4v) is 3.89. The lowest BCUT2D eigenvalue weighted by Gasteiger charge is -2.35. The third-order valence-electron chi connectivity index (χ3n) is 4.72. The molecule has 2 fully saturated rings. The minimum absolute atomic E-state index is 0.572. The zero-order valence-corrected chi connectivity index (χ0v) is 12.2. The Morgan fingerprint density at radius 3 is 2.53 bits per heavy atom. The Kier molecular flexibility index (Phi) is 3.90. The Hall–Kier alpha value is -0.860. The molecular formula is C17H26N2. The number of hydrogen-bond acceptors (Lipinski definition) is 2. The third-order valence-corrected chi connectivity index (χ3v) is 4.72. The Morgan fingerprint density at radius 2 is 1.79 bits per heavy atom. The van der Waals surface area contributed by atoms with E-state index in [1.54, 1.807) is 0 Å². The Bertz CT molecular complexity index is 401. The highest BCUT2D eigenvalue weighted by atomic mass is 15.2. The summed E-state index contributed by atoms with van der Waals surface area (Å²) < 4.78 is 0. The van der Waals surface area contributed by atoms with Crippen LogP contribution in [0.25, 0.3) is 0 Å². The predicted molar refractivity (Wildman–Crippen MR) is 80.2 cm³/mol. The van der Waals surface area contributed by atoms with Crippen LogP contribution in [0, 0.1) is 5.92 Å². The molecule has 2 nitrogen and oxygen atoms in total. The number of rotatable bonds is 3. The van der Waals surface area contributed by atoms with Crippen LogP contribution in [0.2, 0.25) is 0 Å². The number of likely N-dealkylation sites (tertiary alicyclic amines) is 1. The van der Waals surface area contributed by atoms with Crippen LogP contribution in [0.3, 0.4) is 0 Å². The topological polar surface area (TPSA) is 15.3 Å². The van der Waals surface area contributed by atoms with Gasteiger partial charge in [0.05, 0.1) is 0 Å². The highest BCUT2D eigenvalue weighted by Crippen LogP contribution is 2.32. The zero-order chi connectivity index (χ0) is 13.2. The first-order valence-electron chi connectivity index (χ1n) is 7.79. The molecule has 104 valence electrons. The van der Waals surface area contributed by atoms with Crippen LogP contribution < -0.4 is 5.32 Å². The molecule has 2 aliphatic heterocycles. The number of nitrogens with zero attached hydrogens (tertiary/aromatic N) is 1. The molecule has 2 heteroatoms. The van der Waals surface area contributed by atoms with Crippen LogP contribution in [0.1, 0.15) is 44.7 Å². The second-order valence-corrected chi connectivity index (χ2v) is 6.52. The van der Waals surface area contributed by atoms with Gasteiger partial charge >= 0.3 is 0 Å². The first kappa shape index (κ1) is 13.1. The normalized spacial score (nSPS) is 29.4. The lowest BCUT2D eigenvalue weighted by Crippen LogP contribution is -2.39. The summed E-state index contributed by atoms with van der Waals surface area (Å²) in [6, 6.07) is 13.1. The highest BCUT2D eigenvalue weighted by molar-refractivity contribution is 5.20. The molecule has 3 atom stereocenters. The Labute approximate surface area is 117 Å². The highest BCUT2D eigenvalue weighted by Gasteiger charge is 2.33. The van der Waals surface area contributed by atoms with Gasteiger partial charge in [-0.15, -0.1) is 0 Å². The van der Waals surface area contributed by atoms with E-state index in [9.17, 15) is 0 Å². The zero-order valence-electron chi connectivity index (χ0n) is 12.2. The average molecular weight is 258 g/mol. The van der Waals surface area contributed by atoms with Crippen molar-refractivity contribution in [3.8, 4) is 0 Å². The van der Waals surface area contributed by atoms with Crippen molar-refractivity contribution in [2.24, 2.45) is 5.92 Å². The van der Waals surface area contributed by atoms with Crippen molar-refractivity contribution in [3.63, 3.8) is 0 Å². The average Bonchev–Trinajstić information content (AvgIpc) is 2.73. The molecule has 0 saturated carbocycles. The van der Waals surface area contributed by atoms with E-state index in [0.29, 0.717) is 12.0 Å². The first-order valence-corrected chi connectivity index (χ1v) is 7.79. The molecule has 1 aromatic rings. The minimum Gasteiger partial charge on any atom is -0.310 e. The van der Waals surface area contributed by atoms with Gasteiger partial charge in [0.1, 0.15) is 0 Å². The molecule has 0 radical (unpaired) electrons. The van der Waals surface area contributed by atoms with Gasteiger partial charge in [-0.2, -0.15) is 0 Å². The van der Waals surface area contributed by atoms with Crippen molar-refractivity contribution in [2.75, 3.05) is 13.1 Å². The van der Waals surface area contributed by atoms with Crippen molar-refractivity contribution in [2.45, 2.75) is 51.2 Å². The summed E-state index contributed by atoms with van der Waals surface area (Å²) in [6.45, 7) is 7.17. The van der Waals surface area contributed by atoms with E-state index < -0.39 is 0 Å². The van der Waals surface area contributed by atoms with Crippen molar-refractivity contribution < 1.29 is 0 Å². The summed E-state index contributed by atoms with van der Waals surface area (Å²) in [6.07, 6.45) is 4.06. The molecular weight excluding hydrogens is 232 g/mol. The molecule has 0 amide bonds. The van der Waals surface area contributed by atoms with E-state index >= 15 is 0 Å². The maximum absolute atomic E-state index is 3.79. The first-order chi connectivity index (χ1) is 9.24. The van der Waals surface area contributed by atoms with Gasteiger partial charge in [0.15, 0.2) is 0 Å². The van der Waals surface area contributed by atoms with Gasteiger partial charge in [-0.25, -0.2) is 0 Å². The van der Waals surface area contributed by atoms with Gasteiger partial charge in [-0.3, -0.25) is 4.90 Å². The maximum atomic E-state index is 3.79. The molecule has 0 aromatic heterocycles. The van der Waals surface area contributed by atoms with Gasteiger partial charge in [0.25, 0.3) is 0 Å². The molecule has 2 aliphatic rings. The van der Waals surface area contributed by atoms with Crippen LogP contribution in [0.5, 0.6) is 0 Å². The summed E-state index contributed by atoms with van der Waals surface area (Å²) in [5.41, 5.74) is 1.48. The second-order valence-electron chi connectivity index (χ2n) is 6.52. The molecule has 19 heavy (non-hydrogen) atoms.